The van der Waals surface area contributed by atoms with Gasteiger partial charge in [-0.3, -0.25) is 0 Å². The van der Waals surface area contributed by atoms with Gasteiger partial charge in [-0.15, -0.1) is 0 Å². The molecule has 0 amide bonds. The molecule has 0 bridgehead atoms. The van der Waals surface area contributed by atoms with Gasteiger partial charge >= 0.3 is 5.97 Å². The molecule has 0 spiro atoms. The third-order valence-corrected chi connectivity index (χ3v) is 3.72. The standard InChI is InChI=1S/C13H17BrN2O2/c1-18-13(17)12-3-2-11(8-10(12)9-14)16-6-4-15-5-7-16/h2-3,8,15H,4-7,9H2,1H3. The van der Waals surface area contributed by atoms with E-state index < -0.39 is 0 Å². The first-order chi connectivity index (χ1) is 8.76. The van der Waals surface area contributed by atoms with Crippen LogP contribution in [0.4, 0.5) is 5.69 Å². The number of carbonyl (C=O) groups excluding carboxylic acids is 1. The smallest absolute Gasteiger partial charge is 0.338 e. The van der Waals surface area contributed by atoms with Gasteiger partial charge < -0.3 is 15.0 Å². The molecule has 0 aliphatic carbocycles. The van der Waals surface area contributed by atoms with Gasteiger partial charge in [-0.2, -0.15) is 0 Å². The molecule has 0 aromatic heterocycles. The Labute approximate surface area is 115 Å². The Hall–Kier alpha value is -1.07. The van der Waals surface area contributed by atoms with Crippen molar-refractivity contribution >= 4 is 27.6 Å². The van der Waals surface area contributed by atoms with Gasteiger partial charge in [0.25, 0.3) is 0 Å². The number of methoxy groups -OCH3 is 1. The lowest BCUT2D eigenvalue weighted by Crippen LogP contribution is -2.43. The lowest BCUT2D eigenvalue weighted by atomic mass is 10.1. The molecule has 2 rings (SSSR count). The van der Waals surface area contributed by atoms with E-state index in [0.717, 1.165) is 31.7 Å². The Morgan fingerprint density at radius 2 is 2.17 bits per heavy atom. The van der Waals surface area contributed by atoms with Crippen LogP contribution < -0.4 is 10.2 Å². The van der Waals surface area contributed by atoms with E-state index in [1.54, 1.807) is 0 Å². The third-order valence-electron chi connectivity index (χ3n) is 3.12. The summed E-state index contributed by atoms with van der Waals surface area (Å²) in [5.74, 6) is -0.281. The number of piperazine rings is 1. The third kappa shape index (κ3) is 2.84. The normalized spacial score (nSPS) is 15.6. The van der Waals surface area contributed by atoms with E-state index in [9.17, 15) is 4.79 Å². The van der Waals surface area contributed by atoms with Crippen molar-refractivity contribution in [2.24, 2.45) is 0 Å². The van der Waals surface area contributed by atoms with Crippen LogP contribution in [0, 0.1) is 0 Å². The number of hydrogen-bond acceptors (Lipinski definition) is 4. The molecular weight excluding hydrogens is 296 g/mol. The largest absolute Gasteiger partial charge is 0.465 e. The van der Waals surface area contributed by atoms with E-state index in [1.807, 2.05) is 12.1 Å². The van der Waals surface area contributed by atoms with Crippen LogP contribution >= 0.6 is 15.9 Å². The predicted octanol–water partition coefficient (Wildman–Crippen LogP) is 1.78. The molecule has 0 unspecified atom stereocenters. The van der Waals surface area contributed by atoms with E-state index in [4.69, 9.17) is 4.74 Å². The van der Waals surface area contributed by atoms with E-state index >= 15 is 0 Å². The van der Waals surface area contributed by atoms with Crippen molar-refractivity contribution in [2.75, 3.05) is 38.2 Å². The molecule has 5 heteroatoms. The Bertz CT molecular complexity index is 431. The number of halogens is 1. The van der Waals surface area contributed by atoms with Crippen molar-refractivity contribution in [3.05, 3.63) is 29.3 Å². The molecule has 1 heterocycles. The fraction of sp³-hybridized carbons (Fsp3) is 0.462. The topological polar surface area (TPSA) is 41.6 Å². The van der Waals surface area contributed by atoms with E-state index in [0.29, 0.717) is 10.9 Å². The SMILES string of the molecule is COC(=O)c1ccc(N2CCNCC2)cc1CBr. The van der Waals surface area contributed by atoms with Crippen LogP contribution in [0.2, 0.25) is 0 Å². The predicted molar refractivity (Wildman–Crippen MR) is 75.5 cm³/mol. The number of esters is 1. The van der Waals surface area contributed by atoms with Crippen LogP contribution in [0.3, 0.4) is 0 Å². The van der Waals surface area contributed by atoms with Gasteiger partial charge in [-0.25, -0.2) is 4.79 Å². The van der Waals surface area contributed by atoms with Crippen molar-refractivity contribution < 1.29 is 9.53 Å². The molecule has 0 saturated carbocycles. The Kier molecular flexibility index (Phi) is 4.60. The molecule has 1 aliphatic rings. The first-order valence-electron chi connectivity index (χ1n) is 5.99. The number of hydrogen-bond donors (Lipinski definition) is 1. The second-order valence-corrected chi connectivity index (χ2v) is 4.76. The molecule has 1 aromatic carbocycles. The molecule has 0 atom stereocenters. The lowest BCUT2D eigenvalue weighted by Gasteiger charge is -2.30. The Morgan fingerprint density at radius 1 is 1.44 bits per heavy atom. The fourth-order valence-electron chi connectivity index (χ4n) is 2.12. The quantitative estimate of drug-likeness (QED) is 0.682. The second-order valence-electron chi connectivity index (χ2n) is 4.20. The highest BCUT2D eigenvalue weighted by atomic mass is 79.9. The average molecular weight is 313 g/mol. The number of nitrogens with one attached hydrogen (secondary N) is 1. The molecule has 1 fully saturated rings. The number of anilines is 1. The van der Waals surface area contributed by atoms with Crippen LogP contribution in [0.1, 0.15) is 15.9 Å². The minimum absolute atomic E-state index is 0.281. The molecule has 18 heavy (non-hydrogen) atoms. The Morgan fingerprint density at radius 3 is 2.78 bits per heavy atom. The number of benzene rings is 1. The first kappa shape index (κ1) is 13.4. The second kappa shape index (κ2) is 6.20. The molecule has 1 saturated heterocycles. The average Bonchev–Trinajstić information content (AvgIpc) is 2.46. The molecule has 0 radical (unpaired) electrons. The Balaban J connectivity index is 2.26. The van der Waals surface area contributed by atoms with Crippen molar-refractivity contribution in [2.45, 2.75) is 5.33 Å². The van der Waals surface area contributed by atoms with Gasteiger partial charge in [-0.05, 0) is 23.8 Å². The van der Waals surface area contributed by atoms with E-state index in [-0.39, 0.29) is 5.97 Å². The zero-order valence-electron chi connectivity index (χ0n) is 10.4. The highest BCUT2D eigenvalue weighted by Gasteiger charge is 2.15. The monoisotopic (exact) mass is 312 g/mol. The summed E-state index contributed by atoms with van der Waals surface area (Å²) < 4.78 is 4.78. The van der Waals surface area contributed by atoms with Gasteiger partial charge in [0.05, 0.1) is 12.7 Å². The van der Waals surface area contributed by atoms with Crippen molar-refractivity contribution in [1.29, 1.82) is 0 Å². The molecule has 1 N–H and O–H groups in total. The molecular formula is C13H17BrN2O2. The van der Waals surface area contributed by atoms with Crippen LogP contribution in [0.15, 0.2) is 18.2 Å². The maximum atomic E-state index is 11.6. The van der Waals surface area contributed by atoms with Crippen LogP contribution in [0.25, 0.3) is 0 Å². The highest BCUT2D eigenvalue weighted by molar-refractivity contribution is 9.08. The number of alkyl halides is 1. The minimum atomic E-state index is -0.281. The van der Waals surface area contributed by atoms with Crippen LogP contribution in [-0.4, -0.2) is 39.3 Å². The van der Waals surface area contributed by atoms with E-state index in [1.165, 1.54) is 12.8 Å². The summed E-state index contributed by atoms with van der Waals surface area (Å²) >= 11 is 3.43. The van der Waals surface area contributed by atoms with Gasteiger partial charge in [-0.1, -0.05) is 15.9 Å². The summed E-state index contributed by atoms with van der Waals surface area (Å²) in [6.45, 7) is 4.00. The summed E-state index contributed by atoms with van der Waals surface area (Å²) in [6, 6.07) is 5.90. The summed E-state index contributed by atoms with van der Waals surface area (Å²) in [6.07, 6.45) is 0. The minimum Gasteiger partial charge on any atom is -0.465 e. The number of nitrogens with zero attached hydrogens (tertiary/aromatic N) is 1. The first-order valence-corrected chi connectivity index (χ1v) is 7.11. The molecule has 4 nitrogen and oxygen atoms in total. The maximum absolute atomic E-state index is 11.6. The number of carbonyl (C=O) groups is 1. The van der Waals surface area contributed by atoms with Gasteiger partial charge in [0.15, 0.2) is 0 Å². The maximum Gasteiger partial charge on any atom is 0.338 e. The van der Waals surface area contributed by atoms with Crippen LogP contribution in [0.5, 0.6) is 0 Å². The summed E-state index contributed by atoms with van der Waals surface area (Å²) in [7, 11) is 1.41. The lowest BCUT2D eigenvalue weighted by molar-refractivity contribution is 0.0600. The summed E-state index contributed by atoms with van der Waals surface area (Å²) in [4.78, 5) is 13.9. The van der Waals surface area contributed by atoms with Gasteiger partial charge in [0.2, 0.25) is 0 Å². The zero-order valence-corrected chi connectivity index (χ0v) is 12.0. The molecule has 1 aliphatic heterocycles. The fourth-order valence-corrected chi connectivity index (χ4v) is 2.58. The highest BCUT2D eigenvalue weighted by Crippen LogP contribution is 2.22. The van der Waals surface area contributed by atoms with Gasteiger partial charge in [0.1, 0.15) is 0 Å². The number of rotatable bonds is 3. The zero-order chi connectivity index (χ0) is 13.0. The van der Waals surface area contributed by atoms with E-state index in [2.05, 4.69) is 32.2 Å². The van der Waals surface area contributed by atoms with Crippen molar-refractivity contribution in [1.82, 2.24) is 5.32 Å². The molecule has 1 aromatic rings. The van der Waals surface area contributed by atoms with Crippen molar-refractivity contribution in [3.63, 3.8) is 0 Å². The van der Waals surface area contributed by atoms with Gasteiger partial charge in [0, 0.05) is 37.2 Å². The summed E-state index contributed by atoms with van der Waals surface area (Å²) in [5.41, 5.74) is 2.77. The van der Waals surface area contributed by atoms with Crippen LogP contribution in [-0.2, 0) is 10.1 Å². The van der Waals surface area contributed by atoms with Crippen molar-refractivity contribution in [3.8, 4) is 0 Å². The number of ether oxygens (including phenoxy) is 1. The molecule has 98 valence electrons. The summed E-state index contributed by atoms with van der Waals surface area (Å²) in [5, 5.41) is 3.98.